The molecule has 0 saturated carbocycles. The lowest BCUT2D eigenvalue weighted by molar-refractivity contribution is -0.147. The average molecular weight is 303 g/mol. The predicted octanol–water partition coefficient (Wildman–Crippen LogP) is 0.637. The Hall–Kier alpha value is -2.39. The second kappa shape index (κ2) is 5.19. The quantitative estimate of drug-likeness (QED) is 0.777. The van der Waals surface area contributed by atoms with Crippen molar-refractivity contribution < 1.29 is 22.8 Å². The van der Waals surface area contributed by atoms with Crippen LogP contribution in [0.2, 0.25) is 0 Å². The second-order valence-electron chi connectivity index (χ2n) is 4.53. The molecular formula is C11H12F3N5O2. The lowest BCUT2D eigenvalue weighted by Gasteiger charge is -2.28. The van der Waals surface area contributed by atoms with Crippen molar-refractivity contribution in [2.75, 3.05) is 18.1 Å². The van der Waals surface area contributed by atoms with Gasteiger partial charge in [-0.25, -0.2) is 9.97 Å². The number of nitrogens with zero attached hydrogens (tertiary/aromatic N) is 3. The average Bonchev–Trinajstić information content (AvgIpc) is 2.38. The van der Waals surface area contributed by atoms with Crippen LogP contribution in [0.1, 0.15) is 18.7 Å². The Morgan fingerprint density at radius 3 is 2.67 bits per heavy atom. The third-order valence-electron chi connectivity index (χ3n) is 2.97. The SMILES string of the molecule is CN1C(=O)CCC(Nc2cc(N)nc(C(F)(F)F)n2)C1=O. The van der Waals surface area contributed by atoms with Crippen LogP contribution in [0.25, 0.3) is 0 Å². The van der Waals surface area contributed by atoms with E-state index in [2.05, 4.69) is 15.3 Å². The summed E-state index contributed by atoms with van der Waals surface area (Å²) >= 11 is 0. The fraction of sp³-hybridized carbons (Fsp3) is 0.455. The number of aromatic nitrogens is 2. The van der Waals surface area contributed by atoms with Gasteiger partial charge in [0.25, 0.3) is 5.91 Å². The van der Waals surface area contributed by atoms with E-state index >= 15 is 0 Å². The van der Waals surface area contributed by atoms with Crippen molar-refractivity contribution >= 4 is 23.5 Å². The van der Waals surface area contributed by atoms with Gasteiger partial charge in [-0.05, 0) is 6.42 Å². The number of piperidine rings is 1. The predicted molar refractivity (Wildman–Crippen MR) is 65.9 cm³/mol. The highest BCUT2D eigenvalue weighted by Crippen LogP contribution is 2.28. The van der Waals surface area contributed by atoms with E-state index in [0.717, 1.165) is 11.0 Å². The maximum absolute atomic E-state index is 12.6. The molecule has 0 bridgehead atoms. The molecular weight excluding hydrogens is 291 g/mol. The first-order valence-electron chi connectivity index (χ1n) is 5.97. The van der Waals surface area contributed by atoms with Gasteiger partial charge in [-0.1, -0.05) is 0 Å². The van der Waals surface area contributed by atoms with Gasteiger partial charge in [-0.2, -0.15) is 13.2 Å². The standard InChI is InChI=1S/C11H12F3N5O2/c1-19-8(20)3-2-5(9(19)21)16-7-4-6(15)17-10(18-7)11(12,13)14/h4-5H,2-3H2,1H3,(H3,15,16,17,18). The molecule has 2 rings (SSSR count). The van der Waals surface area contributed by atoms with Crippen molar-refractivity contribution in [3.63, 3.8) is 0 Å². The van der Waals surface area contributed by atoms with Crippen LogP contribution < -0.4 is 11.1 Å². The van der Waals surface area contributed by atoms with Crippen molar-refractivity contribution in [2.45, 2.75) is 25.1 Å². The number of alkyl halides is 3. The van der Waals surface area contributed by atoms with Crippen molar-refractivity contribution in [2.24, 2.45) is 0 Å². The summed E-state index contributed by atoms with van der Waals surface area (Å²) in [5.41, 5.74) is 5.30. The van der Waals surface area contributed by atoms with E-state index in [1.54, 1.807) is 0 Å². The van der Waals surface area contributed by atoms with Crippen LogP contribution in [0.5, 0.6) is 0 Å². The van der Waals surface area contributed by atoms with E-state index in [4.69, 9.17) is 5.73 Å². The third-order valence-corrected chi connectivity index (χ3v) is 2.97. The Kier molecular flexibility index (Phi) is 3.71. The molecule has 1 aromatic rings. The van der Waals surface area contributed by atoms with Gasteiger partial charge in [0.2, 0.25) is 11.7 Å². The van der Waals surface area contributed by atoms with E-state index in [0.29, 0.717) is 0 Å². The maximum atomic E-state index is 12.6. The van der Waals surface area contributed by atoms with Crippen LogP contribution in [-0.4, -0.2) is 39.8 Å². The molecule has 1 aliphatic heterocycles. The highest BCUT2D eigenvalue weighted by atomic mass is 19.4. The molecule has 1 atom stereocenters. The minimum Gasteiger partial charge on any atom is -0.384 e. The molecule has 1 unspecified atom stereocenters. The van der Waals surface area contributed by atoms with E-state index in [9.17, 15) is 22.8 Å². The number of amides is 2. The molecule has 1 aliphatic rings. The monoisotopic (exact) mass is 303 g/mol. The molecule has 7 nitrogen and oxygen atoms in total. The topological polar surface area (TPSA) is 101 Å². The molecule has 1 saturated heterocycles. The zero-order valence-corrected chi connectivity index (χ0v) is 10.9. The number of hydrogen-bond donors (Lipinski definition) is 2. The molecule has 21 heavy (non-hydrogen) atoms. The van der Waals surface area contributed by atoms with E-state index in [1.165, 1.54) is 7.05 Å². The molecule has 2 heterocycles. The van der Waals surface area contributed by atoms with Gasteiger partial charge in [-0.15, -0.1) is 0 Å². The number of rotatable bonds is 2. The molecule has 3 N–H and O–H groups in total. The zero-order valence-electron chi connectivity index (χ0n) is 10.9. The van der Waals surface area contributed by atoms with Crippen molar-refractivity contribution in [1.82, 2.24) is 14.9 Å². The van der Waals surface area contributed by atoms with Crippen molar-refractivity contribution in [3.05, 3.63) is 11.9 Å². The molecule has 1 fully saturated rings. The summed E-state index contributed by atoms with van der Waals surface area (Å²) in [4.78, 5) is 30.5. The van der Waals surface area contributed by atoms with Gasteiger partial charge in [-0.3, -0.25) is 14.5 Å². The Labute approximate surface area is 117 Å². The number of nitrogens with one attached hydrogen (secondary N) is 1. The fourth-order valence-electron chi connectivity index (χ4n) is 1.89. The first-order chi connectivity index (χ1) is 9.68. The van der Waals surface area contributed by atoms with Crippen LogP contribution in [0, 0.1) is 0 Å². The zero-order chi connectivity index (χ0) is 15.8. The molecule has 10 heteroatoms. The second-order valence-corrected chi connectivity index (χ2v) is 4.53. The number of nitrogens with two attached hydrogens (primary N) is 1. The number of halogens is 3. The Morgan fingerprint density at radius 1 is 1.38 bits per heavy atom. The van der Waals surface area contributed by atoms with Crippen LogP contribution in [0.15, 0.2) is 6.07 Å². The summed E-state index contributed by atoms with van der Waals surface area (Å²) in [5, 5.41) is 2.56. The molecule has 2 amide bonds. The number of anilines is 2. The minimum atomic E-state index is -4.74. The van der Waals surface area contributed by atoms with Gasteiger partial charge >= 0.3 is 6.18 Å². The summed E-state index contributed by atoms with van der Waals surface area (Å²) < 4.78 is 37.8. The Balaban J connectivity index is 2.22. The summed E-state index contributed by atoms with van der Waals surface area (Å²) in [7, 11) is 1.31. The number of likely N-dealkylation sites (tertiary alicyclic amines) is 1. The molecule has 0 radical (unpaired) electrons. The number of carbonyl (C=O) groups is 2. The molecule has 114 valence electrons. The van der Waals surface area contributed by atoms with Gasteiger partial charge in [0.1, 0.15) is 17.7 Å². The van der Waals surface area contributed by atoms with E-state index < -0.39 is 23.9 Å². The number of carbonyl (C=O) groups excluding carboxylic acids is 2. The van der Waals surface area contributed by atoms with Gasteiger partial charge in [0.05, 0.1) is 0 Å². The Morgan fingerprint density at radius 2 is 2.05 bits per heavy atom. The maximum Gasteiger partial charge on any atom is 0.451 e. The van der Waals surface area contributed by atoms with Gasteiger partial charge in [0, 0.05) is 19.5 Å². The highest BCUT2D eigenvalue weighted by Gasteiger charge is 2.36. The van der Waals surface area contributed by atoms with Crippen molar-refractivity contribution in [3.8, 4) is 0 Å². The van der Waals surface area contributed by atoms with E-state index in [-0.39, 0.29) is 30.4 Å². The van der Waals surface area contributed by atoms with Crippen LogP contribution in [-0.2, 0) is 15.8 Å². The largest absolute Gasteiger partial charge is 0.451 e. The van der Waals surface area contributed by atoms with Gasteiger partial charge < -0.3 is 11.1 Å². The van der Waals surface area contributed by atoms with Crippen LogP contribution in [0.4, 0.5) is 24.8 Å². The summed E-state index contributed by atoms with van der Waals surface area (Å²) in [5.74, 6) is -2.84. The first kappa shape index (κ1) is 15.0. The third kappa shape index (κ3) is 3.20. The number of imide groups is 1. The highest BCUT2D eigenvalue weighted by molar-refractivity contribution is 6.01. The lowest BCUT2D eigenvalue weighted by atomic mass is 10.0. The van der Waals surface area contributed by atoms with Crippen molar-refractivity contribution in [1.29, 1.82) is 0 Å². The normalized spacial score (nSPS) is 19.8. The molecule has 0 aliphatic carbocycles. The fourth-order valence-corrected chi connectivity index (χ4v) is 1.89. The summed E-state index contributed by atoms with van der Waals surface area (Å²) in [6.45, 7) is 0. The Bertz CT molecular complexity index is 590. The summed E-state index contributed by atoms with van der Waals surface area (Å²) in [6, 6.07) is 0.266. The number of nitrogen functional groups attached to an aromatic ring is 1. The lowest BCUT2D eigenvalue weighted by Crippen LogP contribution is -2.48. The van der Waals surface area contributed by atoms with Crippen LogP contribution >= 0.6 is 0 Å². The number of likely N-dealkylation sites (N-methyl/N-ethyl adjacent to an activating group) is 1. The van der Waals surface area contributed by atoms with E-state index in [1.807, 2.05) is 0 Å². The minimum absolute atomic E-state index is 0.118. The number of hydrogen-bond acceptors (Lipinski definition) is 6. The molecule has 1 aromatic heterocycles. The van der Waals surface area contributed by atoms with Gasteiger partial charge in [0.15, 0.2) is 0 Å². The summed E-state index contributed by atoms with van der Waals surface area (Å²) in [6.07, 6.45) is -4.45. The smallest absolute Gasteiger partial charge is 0.384 e. The first-order valence-corrected chi connectivity index (χ1v) is 5.97. The van der Waals surface area contributed by atoms with Crippen LogP contribution in [0.3, 0.4) is 0 Å². The molecule has 0 aromatic carbocycles. The molecule has 0 spiro atoms.